The Morgan fingerprint density at radius 1 is 1.47 bits per heavy atom. The maximum Gasteiger partial charge on any atom is 0.231 e. The van der Waals surface area contributed by atoms with Crippen LogP contribution in [0.3, 0.4) is 0 Å². The van der Waals surface area contributed by atoms with E-state index < -0.39 is 6.75 Å². The van der Waals surface area contributed by atoms with Gasteiger partial charge in [0, 0.05) is 6.04 Å². The molecule has 3 heteroatoms. The maximum atomic E-state index is 7.36. The van der Waals surface area contributed by atoms with E-state index in [1.54, 1.807) is 6.07 Å². The van der Waals surface area contributed by atoms with Crippen molar-refractivity contribution in [3.63, 3.8) is 0 Å². The molecule has 0 radical (unpaired) electrons. The van der Waals surface area contributed by atoms with Gasteiger partial charge in [-0.15, -0.1) is 0 Å². The number of hydrogen-bond donors (Lipinski definition) is 1. The van der Waals surface area contributed by atoms with Gasteiger partial charge in [-0.1, -0.05) is 13.0 Å². The van der Waals surface area contributed by atoms with Crippen molar-refractivity contribution in [2.75, 3.05) is 13.3 Å². The molecule has 2 rings (SSSR count). The highest BCUT2D eigenvalue weighted by Gasteiger charge is 2.13. The molecule has 1 aromatic rings. The first-order valence-electron chi connectivity index (χ1n) is 6.24. The zero-order chi connectivity index (χ0) is 12.5. The molecule has 1 aromatic carbocycles. The first-order valence-corrected chi connectivity index (χ1v) is 5.24. The van der Waals surface area contributed by atoms with E-state index >= 15 is 0 Å². The number of hydrogen-bond acceptors (Lipinski definition) is 3. The highest BCUT2D eigenvalue weighted by molar-refractivity contribution is 5.44. The zero-order valence-corrected chi connectivity index (χ0v) is 9.04. The Kier molecular flexibility index (Phi) is 2.42. The second-order valence-electron chi connectivity index (χ2n) is 3.73. The summed E-state index contributed by atoms with van der Waals surface area (Å²) >= 11 is 0. The van der Waals surface area contributed by atoms with Crippen LogP contribution in [0.15, 0.2) is 18.2 Å². The fraction of sp³-hybridized carbons (Fsp3) is 0.500. The molecule has 0 fully saturated rings. The Morgan fingerprint density at radius 3 is 3.07 bits per heavy atom. The third-order valence-corrected chi connectivity index (χ3v) is 2.41. The maximum absolute atomic E-state index is 7.36. The first-order chi connectivity index (χ1) is 8.00. The normalized spacial score (nSPS) is 20.7. The Morgan fingerprint density at radius 2 is 2.27 bits per heavy atom. The van der Waals surface area contributed by atoms with Crippen molar-refractivity contribution >= 4 is 0 Å². The van der Waals surface area contributed by atoms with E-state index in [0.717, 1.165) is 18.5 Å². The van der Waals surface area contributed by atoms with Crippen LogP contribution in [-0.4, -0.2) is 19.3 Å². The molecule has 3 nitrogen and oxygen atoms in total. The van der Waals surface area contributed by atoms with Crippen LogP contribution >= 0.6 is 0 Å². The summed E-state index contributed by atoms with van der Waals surface area (Å²) in [5, 5.41) is 3.33. The monoisotopic (exact) mass is 209 g/mol. The number of fused-ring (bicyclic) bond motifs is 1. The van der Waals surface area contributed by atoms with E-state index in [1.165, 1.54) is 0 Å². The molecule has 0 unspecified atom stereocenters. The second-order valence-corrected chi connectivity index (χ2v) is 3.73. The smallest absolute Gasteiger partial charge is 0.231 e. The molecule has 0 amide bonds. The van der Waals surface area contributed by atoms with Gasteiger partial charge in [-0.3, -0.25) is 0 Å². The Labute approximate surface area is 93.2 Å². The Hall–Kier alpha value is -1.22. The number of ether oxygens (including phenoxy) is 2. The summed E-state index contributed by atoms with van der Waals surface area (Å²) in [6.45, 7) is 3.10. The summed E-state index contributed by atoms with van der Waals surface area (Å²) in [5.41, 5.74) is 1.11. The van der Waals surface area contributed by atoms with E-state index in [-0.39, 0.29) is 0 Å². The van der Waals surface area contributed by atoms with Gasteiger partial charge in [0.1, 0.15) is 2.74 Å². The van der Waals surface area contributed by atoms with E-state index in [4.69, 9.17) is 12.2 Å². The summed E-state index contributed by atoms with van der Waals surface area (Å²) in [5.74, 6) is 0.950. The van der Waals surface area contributed by atoms with Crippen molar-refractivity contribution in [3.8, 4) is 11.5 Å². The van der Waals surface area contributed by atoms with Gasteiger partial charge in [0.05, 0.1) is 0 Å². The zero-order valence-electron chi connectivity index (χ0n) is 11.0. The van der Waals surface area contributed by atoms with E-state index in [9.17, 15) is 0 Å². The minimum absolute atomic E-state index is 0.386. The van der Waals surface area contributed by atoms with Gasteiger partial charge in [0.25, 0.3) is 0 Å². The van der Waals surface area contributed by atoms with Gasteiger partial charge >= 0.3 is 0 Å². The van der Waals surface area contributed by atoms with Crippen LogP contribution in [-0.2, 0) is 6.42 Å². The number of nitrogens with one attached hydrogen (secondary N) is 1. The molecule has 1 aliphatic heterocycles. The topological polar surface area (TPSA) is 30.5 Å². The highest BCUT2D eigenvalue weighted by Crippen LogP contribution is 2.32. The molecule has 1 aliphatic rings. The summed E-state index contributed by atoms with van der Waals surface area (Å²) in [7, 11) is 0. The van der Waals surface area contributed by atoms with E-state index in [0.29, 0.717) is 17.5 Å². The number of rotatable bonds is 4. The lowest BCUT2D eigenvalue weighted by Gasteiger charge is -2.12. The molecule has 0 spiro atoms. The van der Waals surface area contributed by atoms with Crippen LogP contribution < -0.4 is 14.8 Å². The Bertz CT molecular complexity index is 409. The average Bonchev–Trinajstić information content (AvgIpc) is 2.51. The molecule has 0 aromatic heterocycles. The molecule has 0 aliphatic carbocycles. The van der Waals surface area contributed by atoms with Gasteiger partial charge in [0.15, 0.2) is 11.5 Å². The molecule has 82 valence electrons. The summed E-state index contributed by atoms with van der Waals surface area (Å²) < 4.78 is 24.8. The largest absolute Gasteiger partial charge is 0.454 e. The summed E-state index contributed by atoms with van der Waals surface area (Å²) in [4.78, 5) is 0. The lowest BCUT2D eigenvalue weighted by Crippen LogP contribution is -2.27. The second kappa shape index (κ2) is 4.53. The molecule has 0 saturated carbocycles. The number of benzene rings is 1. The highest BCUT2D eigenvalue weighted by atomic mass is 16.7. The van der Waals surface area contributed by atoms with Gasteiger partial charge in [0.2, 0.25) is 6.75 Å². The van der Waals surface area contributed by atoms with Gasteiger partial charge in [-0.05, 0) is 37.6 Å². The summed E-state index contributed by atoms with van der Waals surface area (Å²) in [6.07, 6.45) is 0.882. The predicted octanol–water partition coefficient (Wildman–Crippen LogP) is 1.96. The van der Waals surface area contributed by atoms with Crippen LogP contribution in [0, 0.1) is 0 Å². The van der Waals surface area contributed by atoms with Crippen LogP contribution in [0.1, 0.15) is 22.2 Å². The van der Waals surface area contributed by atoms with Crippen molar-refractivity contribution in [1.82, 2.24) is 5.32 Å². The van der Waals surface area contributed by atoms with Crippen molar-refractivity contribution in [2.24, 2.45) is 0 Å². The molecule has 1 N–H and O–H groups in total. The van der Waals surface area contributed by atoms with Crippen molar-refractivity contribution in [3.05, 3.63) is 23.8 Å². The predicted molar refractivity (Wildman–Crippen MR) is 59.4 cm³/mol. The Balaban J connectivity index is 2.08. The first kappa shape index (κ1) is 7.99. The lowest BCUT2D eigenvalue weighted by atomic mass is 10.1. The molecular formula is C12H17NO2. The van der Waals surface area contributed by atoms with Crippen molar-refractivity contribution in [2.45, 2.75) is 26.3 Å². The third kappa shape index (κ3) is 2.42. The van der Waals surface area contributed by atoms with Crippen LogP contribution in [0.2, 0.25) is 0 Å². The fourth-order valence-electron chi connectivity index (χ4n) is 1.73. The minimum atomic E-state index is -2.03. The molecule has 1 heterocycles. The molecule has 15 heavy (non-hydrogen) atoms. The molecule has 0 bridgehead atoms. The van der Waals surface area contributed by atoms with E-state index in [1.807, 2.05) is 12.1 Å². The quantitative estimate of drug-likeness (QED) is 0.822. The fourth-order valence-corrected chi connectivity index (χ4v) is 1.73. The van der Waals surface area contributed by atoms with Gasteiger partial charge in [-0.2, -0.15) is 0 Å². The third-order valence-electron chi connectivity index (χ3n) is 2.41. The average molecular weight is 209 g/mol. The minimum Gasteiger partial charge on any atom is -0.454 e. The van der Waals surface area contributed by atoms with Crippen molar-refractivity contribution in [1.29, 1.82) is 0 Å². The van der Waals surface area contributed by atoms with Gasteiger partial charge < -0.3 is 14.8 Å². The van der Waals surface area contributed by atoms with Crippen LogP contribution in [0.5, 0.6) is 11.5 Å². The van der Waals surface area contributed by atoms with Gasteiger partial charge in [-0.25, -0.2) is 0 Å². The van der Waals surface area contributed by atoms with Crippen LogP contribution in [0.25, 0.3) is 0 Å². The van der Waals surface area contributed by atoms with E-state index in [2.05, 4.69) is 19.2 Å². The molecule has 1 atom stereocenters. The molecule has 0 saturated heterocycles. The summed E-state index contributed by atoms with van der Waals surface area (Å²) in [6, 6.07) is 5.93. The van der Waals surface area contributed by atoms with Crippen LogP contribution in [0.4, 0.5) is 0 Å². The molecular weight excluding hydrogens is 190 g/mol. The van der Waals surface area contributed by atoms with Crippen molar-refractivity contribution < 1.29 is 12.2 Å². The number of likely N-dealkylation sites (N-methyl/N-ethyl adjacent to an activating group) is 1. The lowest BCUT2D eigenvalue weighted by molar-refractivity contribution is 0.174. The SMILES string of the molecule is [2H]C1([2H])Oc2ccc(C[C@@H](C)NCC)cc2O1. The standard InChI is InChI=1S/C12H17NO2/c1-3-13-9(2)6-10-4-5-11-12(7-10)15-8-14-11/h4-5,7,9,13H,3,6,8H2,1-2H3/t9-/m1/s1/i8D2.